The van der Waals surface area contributed by atoms with Gasteiger partial charge in [-0.1, -0.05) is 62.4 Å². The van der Waals surface area contributed by atoms with Crippen LogP contribution in [0.4, 0.5) is 5.69 Å². The number of anilines is 1. The van der Waals surface area contributed by atoms with Crippen molar-refractivity contribution in [3.8, 4) is 0 Å². The summed E-state index contributed by atoms with van der Waals surface area (Å²) in [5.74, 6) is -0.982. The van der Waals surface area contributed by atoms with Crippen molar-refractivity contribution in [2.24, 2.45) is 5.92 Å². The molecule has 0 fully saturated rings. The van der Waals surface area contributed by atoms with Gasteiger partial charge in [-0.25, -0.2) is 4.79 Å². The Morgan fingerprint density at radius 2 is 1.62 bits per heavy atom. The summed E-state index contributed by atoms with van der Waals surface area (Å²) in [4.78, 5) is 12.1. The molecule has 0 aliphatic heterocycles. The highest BCUT2D eigenvalue weighted by molar-refractivity contribution is 5.85. The van der Waals surface area contributed by atoms with Gasteiger partial charge in [-0.2, -0.15) is 0 Å². The SMILES string of the molecule is Cc1ccccc1NC(C(=O)O)(c1ccccc1)C(C)C. The van der Waals surface area contributed by atoms with Crippen molar-refractivity contribution in [1.82, 2.24) is 0 Å². The van der Waals surface area contributed by atoms with Gasteiger partial charge in [-0.3, -0.25) is 0 Å². The fourth-order valence-corrected chi connectivity index (χ4v) is 2.60. The van der Waals surface area contributed by atoms with Crippen LogP contribution in [0.1, 0.15) is 25.0 Å². The maximum atomic E-state index is 12.1. The summed E-state index contributed by atoms with van der Waals surface area (Å²) < 4.78 is 0. The number of nitrogens with one attached hydrogen (secondary N) is 1. The molecule has 0 bridgehead atoms. The number of aryl methyl sites for hydroxylation is 1. The number of hydrogen-bond donors (Lipinski definition) is 2. The van der Waals surface area contributed by atoms with Gasteiger partial charge in [0.25, 0.3) is 0 Å². The van der Waals surface area contributed by atoms with E-state index in [0.29, 0.717) is 0 Å². The van der Waals surface area contributed by atoms with E-state index in [2.05, 4.69) is 5.32 Å². The number of carbonyl (C=O) groups is 1. The molecule has 0 aliphatic carbocycles. The highest BCUT2D eigenvalue weighted by atomic mass is 16.4. The predicted octanol–water partition coefficient (Wildman–Crippen LogP) is 4.04. The van der Waals surface area contributed by atoms with Crippen molar-refractivity contribution in [2.45, 2.75) is 26.3 Å². The minimum atomic E-state index is -1.15. The van der Waals surface area contributed by atoms with E-state index < -0.39 is 11.5 Å². The number of hydrogen-bond acceptors (Lipinski definition) is 2. The second kappa shape index (κ2) is 6.00. The van der Waals surface area contributed by atoms with Gasteiger partial charge in [0, 0.05) is 5.69 Å². The Kier molecular flexibility index (Phi) is 4.32. The average molecular weight is 283 g/mol. The van der Waals surface area contributed by atoms with Crippen molar-refractivity contribution < 1.29 is 9.90 Å². The zero-order valence-corrected chi connectivity index (χ0v) is 12.6. The van der Waals surface area contributed by atoms with Crippen LogP contribution in [-0.2, 0) is 10.3 Å². The third-order valence-corrected chi connectivity index (χ3v) is 3.91. The van der Waals surface area contributed by atoms with Crippen LogP contribution in [0.15, 0.2) is 54.6 Å². The van der Waals surface area contributed by atoms with E-state index in [0.717, 1.165) is 16.8 Å². The van der Waals surface area contributed by atoms with Gasteiger partial charge in [0.05, 0.1) is 0 Å². The van der Waals surface area contributed by atoms with Crippen LogP contribution < -0.4 is 5.32 Å². The second-order valence-corrected chi connectivity index (χ2v) is 5.57. The van der Waals surface area contributed by atoms with Crippen LogP contribution in [0, 0.1) is 12.8 Å². The van der Waals surface area contributed by atoms with Crippen molar-refractivity contribution in [2.75, 3.05) is 5.32 Å². The van der Waals surface area contributed by atoms with Gasteiger partial charge in [0.2, 0.25) is 0 Å². The first kappa shape index (κ1) is 15.1. The van der Waals surface area contributed by atoms with E-state index in [1.54, 1.807) is 0 Å². The van der Waals surface area contributed by atoms with Crippen LogP contribution in [0.2, 0.25) is 0 Å². The van der Waals surface area contributed by atoms with Gasteiger partial charge in [-0.15, -0.1) is 0 Å². The molecular formula is C18H21NO2. The minimum absolute atomic E-state index is 0.114. The number of para-hydroxylation sites is 1. The molecule has 1 unspecified atom stereocenters. The molecule has 0 spiro atoms. The quantitative estimate of drug-likeness (QED) is 0.870. The first-order valence-corrected chi connectivity index (χ1v) is 7.11. The number of benzene rings is 2. The molecule has 0 amide bonds. The third-order valence-electron chi connectivity index (χ3n) is 3.91. The lowest BCUT2D eigenvalue weighted by atomic mass is 9.79. The van der Waals surface area contributed by atoms with E-state index in [1.807, 2.05) is 75.4 Å². The van der Waals surface area contributed by atoms with E-state index in [1.165, 1.54) is 0 Å². The normalized spacial score (nSPS) is 13.7. The molecule has 0 heterocycles. The topological polar surface area (TPSA) is 49.3 Å². The van der Waals surface area contributed by atoms with Gasteiger partial charge in [0.15, 0.2) is 5.54 Å². The summed E-state index contributed by atoms with van der Waals surface area (Å²) in [7, 11) is 0. The third kappa shape index (κ3) is 2.77. The highest BCUT2D eigenvalue weighted by Crippen LogP contribution is 2.35. The Bertz CT molecular complexity index is 622. The Hall–Kier alpha value is -2.29. The van der Waals surface area contributed by atoms with Crippen LogP contribution in [0.3, 0.4) is 0 Å². The summed E-state index contributed by atoms with van der Waals surface area (Å²) in [6.45, 7) is 5.82. The first-order valence-electron chi connectivity index (χ1n) is 7.11. The monoisotopic (exact) mass is 283 g/mol. The molecule has 0 radical (unpaired) electrons. The molecule has 1 atom stereocenters. The average Bonchev–Trinajstić information content (AvgIpc) is 2.46. The summed E-state index contributed by atoms with van der Waals surface area (Å²) in [5.41, 5.74) is 1.49. The molecule has 3 heteroatoms. The van der Waals surface area contributed by atoms with Crippen molar-refractivity contribution >= 4 is 11.7 Å². The number of rotatable bonds is 5. The lowest BCUT2D eigenvalue weighted by Crippen LogP contribution is -2.48. The largest absolute Gasteiger partial charge is 0.479 e. The van der Waals surface area contributed by atoms with Crippen LogP contribution in [-0.4, -0.2) is 11.1 Å². The van der Waals surface area contributed by atoms with Crippen molar-refractivity contribution in [1.29, 1.82) is 0 Å². The zero-order valence-electron chi connectivity index (χ0n) is 12.6. The lowest BCUT2D eigenvalue weighted by molar-refractivity contribution is -0.144. The van der Waals surface area contributed by atoms with Crippen molar-refractivity contribution in [3.05, 3.63) is 65.7 Å². The Morgan fingerprint density at radius 3 is 2.14 bits per heavy atom. The van der Waals surface area contributed by atoms with E-state index in [4.69, 9.17) is 0 Å². The molecule has 2 aromatic carbocycles. The Balaban J connectivity index is 2.56. The van der Waals surface area contributed by atoms with Crippen LogP contribution in [0.25, 0.3) is 0 Å². The molecule has 0 saturated heterocycles. The minimum Gasteiger partial charge on any atom is -0.479 e. The Labute approximate surface area is 125 Å². The fraction of sp³-hybridized carbons (Fsp3) is 0.278. The second-order valence-electron chi connectivity index (χ2n) is 5.57. The maximum absolute atomic E-state index is 12.1. The van der Waals surface area contributed by atoms with Crippen molar-refractivity contribution in [3.63, 3.8) is 0 Å². The van der Waals surface area contributed by atoms with E-state index in [-0.39, 0.29) is 5.92 Å². The van der Waals surface area contributed by atoms with E-state index >= 15 is 0 Å². The molecule has 3 nitrogen and oxygen atoms in total. The summed E-state index contributed by atoms with van der Waals surface area (Å²) in [6.07, 6.45) is 0. The van der Waals surface area contributed by atoms with Gasteiger partial charge < -0.3 is 10.4 Å². The molecular weight excluding hydrogens is 262 g/mol. The van der Waals surface area contributed by atoms with Crippen LogP contribution in [0.5, 0.6) is 0 Å². The number of carboxylic acids is 1. The molecule has 110 valence electrons. The predicted molar refractivity (Wildman–Crippen MR) is 85.4 cm³/mol. The molecule has 2 N–H and O–H groups in total. The van der Waals surface area contributed by atoms with Gasteiger partial charge in [-0.05, 0) is 30.0 Å². The summed E-state index contributed by atoms with van der Waals surface area (Å²) in [5, 5.41) is 13.2. The number of carboxylic acid groups (broad SMARTS) is 1. The molecule has 0 aromatic heterocycles. The van der Waals surface area contributed by atoms with Gasteiger partial charge in [0.1, 0.15) is 0 Å². The highest BCUT2D eigenvalue weighted by Gasteiger charge is 2.43. The molecule has 0 saturated carbocycles. The standard InChI is InChI=1S/C18H21NO2/c1-13(2)18(17(20)21,15-10-5-4-6-11-15)19-16-12-8-7-9-14(16)3/h4-13,19H,1-3H3,(H,20,21). The number of aliphatic carboxylic acids is 1. The maximum Gasteiger partial charge on any atom is 0.334 e. The first-order chi connectivity index (χ1) is 9.98. The molecule has 2 rings (SSSR count). The molecule has 21 heavy (non-hydrogen) atoms. The smallest absolute Gasteiger partial charge is 0.334 e. The molecule has 0 aliphatic rings. The van der Waals surface area contributed by atoms with E-state index in [9.17, 15) is 9.90 Å². The molecule has 2 aromatic rings. The van der Waals surface area contributed by atoms with Gasteiger partial charge >= 0.3 is 5.97 Å². The van der Waals surface area contributed by atoms with Crippen LogP contribution >= 0.6 is 0 Å². The summed E-state index contributed by atoms with van der Waals surface area (Å²) >= 11 is 0. The lowest BCUT2D eigenvalue weighted by Gasteiger charge is -2.36. The zero-order chi connectivity index (χ0) is 15.5. The fourth-order valence-electron chi connectivity index (χ4n) is 2.60. The summed E-state index contributed by atoms with van der Waals surface area (Å²) in [6, 6.07) is 17.1. The Morgan fingerprint density at radius 1 is 1.05 bits per heavy atom.